The number of guanidine groups is 1. The van der Waals surface area contributed by atoms with E-state index >= 15 is 0 Å². The molecule has 0 saturated carbocycles. The Morgan fingerprint density at radius 3 is 2.46 bits per heavy atom. The SMILES string of the molecule is C=C/N=C1/C=NC(N(C)CCN(C)C)=N/C1=C(/N)Nc1cc(C(=O)Nc2cc(C(C)(C)C)ccc2OC)ccc1C. The fourth-order valence-electron chi connectivity index (χ4n) is 3.96. The molecule has 2 aromatic carbocycles. The Kier molecular flexibility index (Phi) is 10.1. The molecule has 0 saturated heterocycles. The molecule has 3 rings (SSSR count). The molecule has 0 aromatic heterocycles. The highest BCUT2D eigenvalue weighted by atomic mass is 16.5. The molecule has 10 heteroatoms. The first-order valence-electron chi connectivity index (χ1n) is 13.4. The van der Waals surface area contributed by atoms with E-state index in [1.807, 2.05) is 57.2 Å². The Hall–Kier alpha value is -4.44. The van der Waals surface area contributed by atoms with E-state index in [1.165, 1.54) is 6.20 Å². The molecule has 1 aliphatic heterocycles. The molecule has 0 atom stereocenters. The average Bonchev–Trinajstić information content (AvgIpc) is 2.92. The van der Waals surface area contributed by atoms with E-state index in [9.17, 15) is 4.79 Å². The van der Waals surface area contributed by atoms with Gasteiger partial charge in [-0.25, -0.2) is 9.98 Å². The lowest BCUT2D eigenvalue weighted by molar-refractivity contribution is 0.102. The number of aliphatic imine (C=N–C) groups is 3. The van der Waals surface area contributed by atoms with Crippen LogP contribution in [0.2, 0.25) is 0 Å². The number of rotatable bonds is 9. The molecule has 0 radical (unpaired) electrons. The predicted molar refractivity (Wildman–Crippen MR) is 170 cm³/mol. The number of carbonyl (C=O) groups is 1. The Balaban J connectivity index is 1.92. The zero-order valence-electron chi connectivity index (χ0n) is 25.4. The van der Waals surface area contributed by atoms with E-state index in [1.54, 1.807) is 25.5 Å². The number of likely N-dealkylation sites (N-methyl/N-ethyl adjacent to an activating group) is 2. The summed E-state index contributed by atoms with van der Waals surface area (Å²) >= 11 is 0. The van der Waals surface area contributed by atoms with Gasteiger partial charge in [-0.15, -0.1) is 0 Å². The molecule has 0 bridgehead atoms. The van der Waals surface area contributed by atoms with Gasteiger partial charge in [0.15, 0.2) is 0 Å². The molecule has 0 fully saturated rings. The van der Waals surface area contributed by atoms with Crippen LogP contribution < -0.4 is 21.1 Å². The van der Waals surface area contributed by atoms with Gasteiger partial charge in [-0.3, -0.25) is 9.79 Å². The van der Waals surface area contributed by atoms with Crippen molar-refractivity contribution in [2.45, 2.75) is 33.1 Å². The number of allylic oxidation sites excluding steroid dienone is 1. The number of benzene rings is 2. The van der Waals surface area contributed by atoms with Crippen LogP contribution in [0, 0.1) is 6.92 Å². The highest BCUT2D eigenvalue weighted by Gasteiger charge is 2.20. The number of methoxy groups -OCH3 is 1. The third kappa shape index (κ3) is 8.04. The van der Waals surface area contributed by atoms with Crippen LogP contribution in [-0.2, 0) is 5.41 Å². The number of hydrogen-bond donors (Lipinski definition) is 3. The largest absolute Gasteiger partial charge is 0.495 e. The third-order valence-corrected chi connectivity index (χ3v) is 6.55. The smallest absolute Gasteiger partial charge is 0.255 e. The first-order chi connectivity index (χ1) is 19.3. The monoisotopic (exact) mass is 558 g/mol. The van der Waals surface area contributed by atoms with Crippen LogP contribution in [0.15, 0.2) is 75.7 Å². The quantitative estimate of drug-likeness (QED) is 0.413. The number of nitrogens with two attached hydrogens (primary N) is 1. The van der Waals surface area contributed by atoms with Gasteiger partial charge in [-0.05, 0) is 61.8 Å². The number of hydrogen-bond acceptors (Lipinski definition) is 9. The number of ether oxygens (including phenoxy) is 1. The molecule has 1 aliphatic rings. The second-order valence-electron chi connectivity index (χ2n) is 11.1. The highest BCUT2D eigenvalue weighted by molar-refractivity contribution is 6.41. The summed E-state index contributed by atoms with van der Waals surface area (Å²) in [6, 6.07) is 11.2. The molecule has 0 unspecified atom stereocenters. The van der Waals surface area contributed by atoms with E-state index in [4.69, 9.17) is 15.5 Å². The van der Waals surface area contributed by atoms with Crippen LogP contribution in [0.1, 0.15) is 42.3 Å². The Bertz CT molecular complexity index is 1410. The van der Waals surface area contributed by atoms with Gasteiger partial charge in [0.1, 0.15) is 23.0 Å². The van der Waals surface area contributed by atoms with Crippen LogP contribution >= 0.6 is 0 Å². The number of amides is 1. The molecule has 1 heterocycles. The van der Waals surface area contributed by atoms with Crippen molar-refractivity contribution in [2.75, 3.05) is 52.0 Å². The van der Waals surface area contributed by atoms with Crippen molar-refractivity contribution in [2.24, 2.45) is 20.7 Å². The van der Waals surface area contributed by atoms with Crippen molar-refractivity contribution >= 4 is 35.2 Å². The van der Waals surface area contributed by atoms with E-state index < -0.39 is 0 Å². The summed E-state index contributed by atoms with van der Waals surface area (Å²) in [5.74, 6) is 1.11. The summed E-state index contributed by atoms with van der Waals surface area (Å²) in [6.45, 7) is 13.6. The van der Waals surface area contributed by atoms with Gasteiger partial charge in [0.2, 0.25) is 5.96 Å². The lowest BCUT2D eigenvalue weighted by Crippen LogP contribution is -2.35. The van der Waals surface area contributed by atoms with Gasteiger partial charge < -0.3 is 30.9 Å². The van der Waals surface area contributed by atoms with Crippen molar-refractivity contribution in [1.82, 2.24) is 9.80 Å². The topological polar surface area (TPSA) is 120 Å². The van der Waals surface area contributed by atoms with Gasteiger partial charge in [0.25, 0.3) is 5.91 Å². The number of carbonyl (C=O) groups excluding carboxylic acids is 1. The lowest BCUT2D eigenvalue weighted by Gasteiger charge is -2.23. The zero-order chi connectivity index (χ0) is 30.3. The molecule has 0 spiro atoms. The molecule has 218 valence electrons. The molecular weight excluding hydrogens is 516 g/mol. The van der Waals surface area contributed by atoms with Crippen LogP contribution in [0.5, 0.6) is 5.75 Å². The normalized spacial score (nSPS) is 15.4. The second-order valence-corrected chi connectivity index (χ2v) is 11.1. The Labute approximate surface area is 243 Å². The maximum atomic E-state index is 13.3. The number of nitrogens with one attached hydrogen (secondary N) is 2. The Morgan fingerprint density at radius 1 is 1.10 bits per heavy atom. The van der Waals surface area contributed by atoms with E-state index in [0.717, 1.165) is 24.2 Å². The van der Waals surface area contributed by atoms with Gasteiger partial charge in [-0.1, -0.05) is 39.5 Å². The summed E-state index contributed by atoms with van der Waals surface area (Å²) in [6.07, 6.45) is 3.04. The van der Waals surface area contributed by atoms with Gasteiger partial charge in [0.05, 0.1) is 19.0 Å². The molecule has 1 amide bonds. The summed E-state index contributed by atoms with van der Waals surface area (Å²) in [4.78, 5) is 30.8. The van der Waals surface area contributed by atoms with Crippen molar-refractivity contribution in [3.63, 3.8) is 0 Å². The highest BCUT2D eigenvalue weighted by Crippen LogP contribution is 2.32. The zero-order valence-corrected chi connectivity index (χ0v) is 25.4. The third-order valence-electron chi connectivity index (χ3n) is 6.55. The minimum absolute atomic E-state index is 0.0845. The van der Waals surface area contributed by atoms with Crippen LogP contribution in [0.4, 0.5) is 11.4 Å². The molecule has 4 N–H and O–H groups in total. The van der Waals surface area contributed by atoms with Crippen LogP contribution in [0.3, 0.4) is 0 Å². The molecular formula is C31H42N8O2. The lowest BCUT2D eigenvalue weighted by atomic mass is 9.87. The standard InChI is InChI=1S/C31H42N8O2/c1-10-33-25-19-34-30(39(8)16-15-38(6)7)37-27(25)28(32)35-23-17-21(12-11-20(23)2)29(40)36-24-18-22(31(3,4)5)13-14-26(24)41-9/h10-14,17-19,35H,1,15-16,32H2,2-9H3,(H,36,40)/b28-27-,33-25-. The van der Waals surface area contributed by atoms with Crippen molar-refractivity contribution in [3.8, 4) is 5.75 Å². The van der Waals surface area contributed by atoms with Gasteiger partial charge in [0, 0.05) is 37.6 Å². The first-order valence-corrected chi connectivity index (χ1v) is 13.4. The van der Waals surface area contributed by atoms with E-state index in [0.29, 0.717) is 40.1 Å². The maximum absolute atomic E-state index is 13.3. The minimum Gasteiger partial charge on any atom is -0.495 e. The van der Waals surface area contributed by atoms with E-state index in [2.05, 4.69) is 52.9 Å². The number of anilines is 2. The van der Waals surface area contributed by atoms with Crippen LogP contribution in [-0.4, -0.2) is 74.9 Å². The fraction of sp³-hybridized carbons (Fsp3) is 0.355. The molecule has 0 aliphatic carbocycles. The van der Waals surface area contributed by atoms with Crippen molar-refractivity contribution in [1.29, 1.82) is 0 Å². The molecule has 10 nitrogen and oxygen atoms in total. The summed E-state index contributed by atoms with van der Waals surface area (Å²) in [7, 11) is 7.53. The predicted octanol–water partition coefficient (Wildman–Crippen LogP) is 4.61. The van der Waals surface area contributed by atoms with E-state index in [-0.39, 0.29) is 17.1 Å². The van der Waals surface area contributed by atoms with Gasteiger partial charge in [-0.2, -0.15) is 0 Å². The minimum atomic E-state index is -0.273. The van der Waals surface area contributed by atoms with Crippen molar-refractivity contribution < 1.29 is 9.53 Å². The summed E-state index contributed by atoms with van der Waals surface area (Å²) in [5, 5.41) is 6.23. The van der Waals surface area contributed by atoms with Crippen molar-refractivity contribution in [3.05, 3.63) is 77.4 Å². The average molecular weight is 559 g/mol. The maximum Gasteiger partial charge on any atom is 0.255 e. The van der Waals surface area contributed by atoms with Crippen LogP contribution in [0.25, 0.3) is 0 Å². The fourth-order valence-corrected chi connectivity index (χ4v) is 3.96. The Morgan fingerprint density at radius 2 is 1.83 bits per heavy atom. The number of nitrogens with zero attached hydrogens (tertiary/aromatic N) is 5. The number of aryl methyl sites for hydroxylation is 1. The van der Waals surface area contributed by atoms with Gasteiger partial charge >= 0.3 is 0 Å². The summed E-state index contributed by atoms with van der Waals surface area (Å²) in [5.41, 5.74) is 11.1. The second kappa shape index (κ2) is 13.3. The molecule has 2 aromatic rings. The molecule has 41 heavy (non-hydrogen) atoms. The summed E-state index contributed by atoms with van der Waals surface area (Å²) < 4.78 is 5.50. The first kappa shape index (κ1) is 31.1.